The van der Waals surface area contributed by atoms with E-state index < -0.39 is 0 Å². The summed E-state index contributed by atoms with van der Waals surface area (Å²) < 4.78 is 5.42. The van der Waals surface area contributed by atoms with Crippen molar-refractivity contribution in [3.8, 4) is 0 Å². The highest BCUT2D eigenvalue weighted by atomic mass is 16.5. The molecule has 0 bridgehead atoms. The maximum atomic E-state index is 12.2. The molecule has 0 amide bonds. The zero-order valence-corrected chi connectivity index (χ0v) is 21.3. The lowest BCUT2D eigenvalue weighted by Gasteiger charge is -2.21. The number of rotatable bonds is 13. The average molecular weight is 476 g/mol. The molecule has 0 aliphatic carbocycles. The van der Waals surface area contributed by atoms with E-state index in [1.165, 1.54) is 24.0 Å². The van der Waals surface area contributed by atoms with Crippen molar-refractivity contribution in [3.63, 3.8) is 0 Å². The van der Waals surface area contributed by atoms with Gasteiger partial charge in [-0.3, -0.25) is 9.69 Å². The molecule has 1 atom stereocenters. The number of unbranched alkanes of at least 4 members (excludes halogenated alkanes) is 2. The van der Waals surface area contributed by atoms with E-state index in [2.05, 4.69) is 43.0 Å². The lowest BCUT2D eigenvalue weighted by molar-refractivity contribution is -0.146. The van der Waals surface area contributed by atoms with Gasteiger partial charge in [-0.25, -0.2) is 0 Å². The van der Waals surface area contributed by atoms with Crippen LogP contribution in [0.25, 0.3) is 0 Å². The Morgan fingerprint density at radius 1 is 0.857 bits per heavy atom. The molecule has 0 aliphatic rings. The van der Waals surface area contributed by atoms with Gasteiger partial charge in [0, 0.05) is 13.2 Å². The maximum Gasteiger partial charge on any atom is 0.320 e. The molecule has 0 radical (unpaired) electrons. The molecule has 0 saturated heterocycles. The minimum Gasteiger partial charge on any atom is -0.460 e. The molecule has 0 aromatic heterocycles. The molecule has 35 heavy (non-hydrogen) atoms. The van der Waals surface area contributed by atoms with Gasteiger partial charge in [-0.05, 0) is 42.0 Å². The number of aliphatic hydroxyl groups excluding tert-OH is 1. The zero-order chi connectivity index (χ0) is 25.1. The van der Waals surface area contributed by atoms with E-state index in [1.807, 2.05) is 66.7 Å². The second-order valence-electron chi connectivity index (χ2n) is 8.87. The molecular weight excluding hydrogens is 434 g/mol. The summed E-state index contributed by atoms with van der Waals surface area (Å²) in [5.74, 6) is 0.312. The maximum absolute atomic E-state index is 12.2. The van der Waals surface area contributed by atoms with E-state index in [-0.39, 0.29) is 12.6 Å². The lowest BCUT2D eigenvalue weighted by atomic mass is 9.99. The molecule has 1 N–H and O–H groups in total. The highest BCUT2D eigenvalue weighted by Crippen LogP contribution is 2.17. The standard InChI is InChI=1S/C21H27NO2.C10H14O/c1-2-3-10-15-22(16-19-11-6-4-7-12-19)17-21(23)24-18-20-13-8-5-9-14-20;1-9(7-8-11)10-5-3-2-4-6-10/h4-9,11-14H,2-3,10,15-18H2,1H3;2-6,9,11H,7-8H2,1H3. The summed E-state index contributed by atoms with van der Waals surface area (Å²) in [7, 11) is 0. The van der Waals surface area contributed by atoms with Crippen LogP contribution in [0.1, 0.15) is 62.1 Å². The van der Waals surface area contributed by atoms with Crippen molar-refractivity contribution >= 4 is 5.97 Å². The third-order valence-electron chi connectivity index (χ3n) is 5.85. The first-order valence-corrected chi connectivity index (χ1v) is 12.7. The summed E-state index contributed by atoms with van der Waals surface area (Å²) in [4.78, 5) is 14.4. The van der Waals surface area contributed by atoms with Gasteiger partial charge in [0.15, 0.2) is 0 Å². The second kappa shape index (κ2) is 17.5. The topological polar surface area (TPSA) is 49.8 Å². The van der Waals surface area contributed by atoms with Crippen molar-refractivity contribution in [1.82, 2.24) is 4.90 Å². The van der Waals surface area contributed by atoms with Gasteiger partial charge in [0.05, 0.1) is 6.54 Å². The van der Waals surface area contributed by atoms with Crippen LogP contribution in [0.15, 0.2) is 91.0 Å². The van der Waals surface area contributed by atoms with E-state index in [4.69, 9.17) is 9.84 Å². The first kappa shape index (κ1) is 28.3. The van der Waals surface area contributed by atoms with Crippen LogP contribution < -0.4 is 0 Å². The Morgan fingerprint density at radius 2 is 1.43 bits per heavy atom. The summed E-state index contributed by atoms with van der Waals surface area (Å²) in [6.45, 7) is 6.98. The molecule has 4 heteroatoms. The van der Waals surface area contributed by atoms with E-state index in [0.717, 1.165) is 31.5 Å². The molecule has 0 fully saturated rings. The van der Waals surface area contributed by atoms with Crippen molar-refractivity contribution in [2.45, 2.75) is 58.6 Å². The molecule has 4 nitrogen and oxygen atoms in total. The fraction of sp³-hybridized carbons (Fsp3) is 0.387. The second-order valence-corrected chi connectivity index (χ2v) is 8.87. The van der Waals surface area contributed by atoms with Gasteiger partial charge in [0.1, 0.15) is 6.61 Å². The van der Waals surface area contributed by atoms with Crippen molar-refractivity contribution < 1.29 is 14.6 Å². The van der Waals surface area contributed by atoms with Gasteiger partial charge in [-0.15, -0.1) is 0 Å². The number of nitrogens with zero attached hydrogens (tertiary/aromatic N) is 1. The number of hydrogen-bond acceptors (Lipinski definition) is 4. The van der Waals surface area contributed by atoms with E-state index in [0.29, 0.717) is 19.1 Å². The molecule has 0 heterocycles. The lowest BCUT2D eigenvalue weighted by Crippen LogP contribution is -2.31. The molecule has 188 valence electrons. The fourth-order valence-corrected chi connectivity index (χ4v) is 3.75. The fourth-order valence-electron chi connectivity index (χ4n) is 3.75. The minimum atomic E-state index is -0.161. The number of ether oxygens (including phenoxy) is 1. The molecule has 0 saturated carbocycles. The SMILES string of the molecule is CC(CCO)c1ccccc1.CCCCCN(CC(=O)OCc1ccccc1)Cc1ccccc1. The first-order chi connectivity index (χ1) is 17.1. The van der Waals surface area contributed by atoms with Crippen LogP contribution in [0.3, 0.4) is 0 Å². The third-order valence-corrected chi connectivity index (χ3v) is 5.85. The Hall–Kier alpha value is -2.95. The van der Waals surface area contributed by atoms with Crippen molar-refractivity contribution in [2.24, 2.45) is 0 Å². The van der Waals surface area contributed by atoms with Crippen LogP contribution in [-0.2, 0) is 22.7 Å². The van der Waals surface area contributed by atoms with Gasteiger partial charge >= 0.3 is 5.97 Å². The smallest absolute Gasteiger partial charge is 0.320 e. The normalized spacial score (nSPS) is 11.4. The Morgan fingerprint density at radius 3 is 2.00 bits per heavy atom. The summed E-state index contributed by atoms with van der Waals surface area (Å²) >= 11 is 0. The van der Waals surface area contributed by atoms with Gasteiger partial charge < -0.3 is 9.84 Å². The molecule has 0 spiro atoms. The van der Waals surface area contributed by atoms with E-state index in [1.54, 1.807) is 0 Å². The molecule has 1 unspecified atom stereocenters. The van der Waals surface area contributed by atoms with Gasteiger partial charge in [-0.1, -0.05) is 118 Å². The summed E-state index contributed by atoms with van der Waals surface area (Å²) in [6.07, 6.45) is 4.32. The van der Waals surface area contributed by atoms with Gasteiger partial charge in [0.2, 0.25) is 0 Å². The van der Waals surface area contributed by atoms with Crippen LogP contribution in [0.5, 0.6) is 0 Å². The van der Waals surface area contributed by atoms with Crippen LogP contribution in [0.4, 0.5) is 0 Å². The highest BCUT2D eigenvalue weighted by molar-refractivity contribution is 5.71. The molecular formula is C31H41NO3. The Balaban J connectivity index is 0.000000328. The molecule has 3 aromatic rings. The predicted molar refractivity (Wildman–Crippen MR) is 144 cm³/mol. The van der Waals surface area contributed by atoms with E-state index >= 15 is 0 Å². The van der Waals surface area contributed by atoms with Crippen molar-refractivity contribution in [1.29, 1.82) is 0 Å². The highest BCUT2D eigenvalue weighted by Gasteiger charge is 2.12. The van der Waals surface area contributed by atoms with Crippen molar-refractivity contribution in [3.05, 3.63) is 108 Å². The average Bonchev–Trinajstić information content (AvgIpc) is 2.90. The number of esters is 1. The summed E-state index contributed by atoms with van der Waals surface area (Å²) in [6, 6.07) is 30.4. The predicted octanol–water partition coefficient (Wildman–Crippen LogP) is 6.59. The number of carbonyl (C=O) groups is 1. The minimum absolute atomic E-state index is 0.161. The number of aliphatic hydroxyl groups is 1. The van der Waals surface area contributed by atoms with Crippen LogP contribution in [-0.4, -0.2) is 35.7 Å². The molecule has 0 aliphatic heterocycles. The largest absolute Gasteiger partial charge is 0.460 e. The Kier molecular flexibility index (Phi) is 14.1. The molecule has 3 rings (SSSR count). The Labute approximate surface area is 211 Å². The Bertz CT molecular complexity index is 916. The van der Waals surface area contributed by atoms with Gasteiger partial charge in [-0.2, -0.15) is 0 Å². The zero-order valence-electron chi connectivity index (χ0n) is 21.3. The monoisotopic (exact) mass is 475 g/mol. The van der Waals surface area contributed by atoms with Gasteiger partial charge in [0.25, 0.3) is 0 Å². The van der Waals surface area contributed by atoms with Crippen LogP contribution in [0.2, 0.25) is 0 Å². The summed E-state index contributed by atoms with van der Waals surface area (Å²) in [5.41, 5.74) is 3.55. The van der Waals surface area contributed by atoms with Crippen LogP contribution >= 0.6 is 0 Å². The quantitative estimate of drug-likeness (QED) is 0.224. The van der Waals surface area contributed by atoms with E-state index in [9.17, 15) is 4.79 Å². The number of benzene rings is 3. The van der Waals surface area contributed by atoms with Crippen molar-refractivity contribution in [2.75, 3.05) is 19.7 Å². The molecule has 3 aromatic carbocycles. The first-order valence-electron chi connectivity index (χ1n) is 12.7. The number of carbonyl (C=O) groups excluding carboxylic acids is 1. The van der Waals surface area contributed by atoms with Crippen LogP contribution in [0, 0.1) is 0 Å². The number of hydrogen-bond donors (Lipinski definition) is 1. The summed E-state index contributed by atoms with van der Waals surface area (Å²) in [5, 5.41) is 8.70. The third kappa shape index (κ3) is 12.4.